The Hall–Kier alpha value is -2.52. The molecule has 0 spiro atoms. The number of nitrogens with one attached hydrogen (secondary N) is 1. The van der Waals surface area contributed by atoms with E-state index in [9.17, 15) is 0 Å². The number of benzene rings is 2. The normalized spacial score (nSPS) is 17.2. The van der Waals surface area contributed by atoms with Gasteiger partial charge in [0.2, 0.25) is 0 Å². The average Bonchev–Trinajstić information content (AvgIpc) is 3.26. The van der Waals surface area contributed by atoms with E-state index < -0.39 is 0 Å². The van der Waals surface area contributed by atoms with Gasteiger partial charge in [-0.25, -0.2) is 0 Å². The van der Waals surface area contributed by atoms with Crippen LogP contribution in [0.4, 0.5) is 0 Å². The first-order chi connectivity index (χ1) is 10.9. The molecular weight excluding hydrogens is 274 g/mol. The second kappa shape index (κ2) is 5.70. The molecule has 0 saturated carbocycles. The van der Waals surface area contributed by atoms with E-state index in [1.54, 1.807) is 0 Å². The number of aromatic nitrogens is 1. The van der Waals surface area contributed by atoms with Gasteiger partial charge in [0.05, 0.1) is 6.61 Å². The minimum Gasteiger partial charge on any atom is -0.491 e. The molecule has 1 aliphatic heterocycles. The van der Waals surface area contributed by atoms with E-state index in [1.165, 1.54) is 10.9 Å². The van der Waals surface area contributed by atoms with Gasteiger partial charge in [0.15, 0.2) is 0 Å². The topological polar surface area (TPSA) is 37.5 Å². The van der Waals surface area contributed by atoms with Gasteiger partial charge in [-0.2, -0.15) is 0 Å². The summed E-state index contributed by atoms with van der Waals surface area (Å²) in [4.78, 5) is 3.23. The lowest BCUT2D eigenvalue weighted by Gasteiger charge is -2.04. The Balaban J connectivity index is 1.48. The van der Waals surface area contributed by atoms with Crippen LogP contribution in [-0.4, -0.2) is 24.3 Å². The van der Waals surface area contributed by atoms with E-state index in [1.807, 2.05) is 18.3 Å². The molecule has 1 N–H and O–H groups in total. The zero-order valence-electron chi connectivity index (χ0n) is 12.2. The first-order valence-corrected chi connectivity index (χ1v) is 7.47. The molecule has 1 aromatic heterocycles. The van der Waals surface area contributed by atoms with Crippen molar-refractivity contribution in [2.45, 2.75) is 6.10 Å². The van der Waals surface area contributed by atoms with Crippen LogP contribution in [-0.2, 0) is 4.74 Å². The fourth-order valence-corrected chi connectivity index (χ4v) is 2.47. The molecule has 0 bridgehead atoms. The summed E-state index contributed by atoms with van der Waals surface area (Å²) in [5.74, 6) is 0.889. The summed E-state index contributed by atoms with van der Waals surface area (Å²) >= 11 is 0. The van der Waals surface area contributed by atoms with Gasteiger partial charge in [-0.3, -0.25) is 0 Å². The predicted octanol–water partition coefficient (Wildman–Crippen LogP) is 4.12. The van der Waals surface area contributed by atoms with Crippen molar-refractivity contribution in [2.24, 2.45) is 0 Å². The van der Waals surface area contributed by atoms with Gasteiger partial charge < -0.3 is 14.5 Å². The fourth-order valence-electron chi connectivity index (χ4n) is 2.47. The summed E-state index contributed by atoms with van der Waals surface area (Å²) in [6.45, 7) is 1.47. The lowest BCUT2D eigenvalue weighted by molar-refractivity contribution is 0.263. The van der Waals surface area contributed by atoms with Gasteiger partial charge >= 0.3 is 0 Å². The summed E-state index contributed by atoms with van der Waals surface area (Å²) in [6, 6.07) is 16.5. The number of aromatic amines is 1. The van der Waals surface area contributed by atoms with E-state index in [4.69, 9.17) is 9.47 Å². The number of hydrogen-bond acceptors (Lipinski definition) is 2. The molecule has 1 fully saturated rings. The Bertz CT molecular complexity index is 798. The molecule has 0 amide bonds. The van der Waals surface area contributed by atoms with Crippen molar-refractivity contribution < 1.29 is 9.47 Å². The predicted molar refractivity (Wildman–Crippen MR) is 88.9 cm³/mol. The molecule has 22 heavy (non-hydrogen) atoms. The molecule has 1 saturated heterocycles. The number of ether oxygens (including phenoxy) is 2. The van der Waals surface area contributed by atoms with E-state index in [2.05, 4.69) is 53.5 Å². The maximum atomic E-state index is 5.64. The highest BCUT2D eigenvalue weighted by Crippen LogP contribution is 2.21. The number of rotatable bonds is 5. The molecule has 0 aliphatic carbocycles. The molecule has 2 heterocycles. The van der Waals surface area contributed by atoms with Crippen LogP contribution in [0.15, 0.2) is 54.7 Å². The summed E-state index contributed by atoms with van der Waals surface area (Å²) in [5, 5.41) is 1.24. The minimum absolute atomic E-state index is 0.293. The second-order valence-electron chi connectivity index (χ2n) is 5.45. The number of H-pyrrole nitrogens is 1. The Labute approximate surface area is 129 Å². The Morgan fingerprint density at radius 1 is 1.09 bits per heavy atom. The SMILES string of the molecule is C(=C\c1cccc2[nH]ccc12)/c1ccc(OCC2CO2)cc1. The quantitative estimate of drug-likeness (QED) is 0.567. The van der Waals surface area contributed by atoms with Crippen molar-refractivity contribution in [2.75, 3.05) is 13.2 Å². The molecule has 2 aromatic carbocycles. The van der Waals surface area contributed by atoms with Gasteiger partial charge in [-0.05, 0) is 35.4 Å². The molecule has 1 aliphatic rings. The van der Waals surface area contributed by atoms with E-state index in [0.29, 0.717) is 12.7 Å². The van der Waals surface area contributed by atoms with Crippen LogP contribution >= 0.6 is 0 Å². The molecule has 3 aromatic rings. The van der Waals surface area contributed by atoms with Crippen LogP contribution in [0, 0.1) is 0 Å². The van der Waals surface area contributed by atoms with Crippen LogP contribution in [0.3, 0.4) is 0 Å². The molecule has 0 radical (unpaired) electrons. The Kier molecular flexibility index (Phi) is 3.41. The van der Waals surface area contributed by atoms with Crippen molar-refractivity contribution in [3.05, 3.63) is 65.9 Å². The second-order valence-corrected chi connectivity index (χ2v) is 5.45. The van der Waals surface area contributed by atoms with Gasteiger partial charge in [0, 0.05) is 17.1 Å². The third-order valence-corrected chi connectivity index (χ3v) is 3.80. The van der Waals surface area contributed by atoms with Crippen LogP contribution in [0.1, 0.15) is 11.1 Å². The van der Waals surface area contributed by atoms with Crippen molar-refractivity contribution in [3.63, 3.8) is 0 Å². The molecule has 3 heteroatoms. The highest BCUT2D eigenvalue weighted by atomic mass is 16.6. The highest BCUT2D eigenvalue weighted by Gasteiger charge is 2.22. The first-order valence-electron chi connectivity index (χ1n) is 7.47. The maximum absolute atomic E-state index is 5.64. The van der Waals surface area contributed by atoms with E-state index >= 15 is 0 Å². The van der Waals surface area contributed by atoms with Crippen molar-refractivity contribution in [3.8, 4) is 5.75 Å². The number of fused-ring (bicyclic) bond motifs is 1. The van der Waals surface area contributed by atoms with Crippen LogP contribution in [0.25, 0.3) is 23.1 Å². The van der Waals surface area contributed by atoms with Crippen molar-refractivity contribution >= 4 is 23.1 Å². The summed E-state index contributed by atoms with van der Waals surface area (Å²) < 4.78 is 10.8. The zero-order chi connectivity index (χ0) is 14.8. The first kappa shape index (κ1) is 13.2. The van der Waals surface area contributed by atoms with E-state index in [-0.39, 0.29) is 0 Å². The van der Waals surface area contributed by atoms with E-state index in [0.717, 1.165) is 23.4 Å². The smallest absolute Gasteiger partial charge is 0.119 e. The molecule has 1 unspecified atom stereocenters. The molecule has 1 atom stereocenters. The van der Waals surface area contributed by atoms with Crippen molar-refractivity contribution in [1.82, 2.24) is 4.98 Å². The Morgan fingerprint density at radius 3 is 2.77 bits per heavy atom. The minimum atomic E-state index is 0.293. The standard InChI is InChI=1S/C19H17NO2/c1-2-15(18-10-11-20-19(18)3-1)7-4-14-5-8-16(9-6-14)21-12-17-13-22-17/h1-11,17,20H,12-13H2/b7-4+. The van der Waals surface area contributed by atoms with Gasteiger partial charge in [-0.1, -0.05) is 36.4 Å². The molecule has 3 nitrogen and oxygen atoms in total. The number of hydrogen-bond donors (Lipinski definition) is 1. The summed E-state index contributed by atoms with van der Waals surface area (Å²) in [6.07, 6.45) is 6.53. The maximum Gasteiger partial charge on any atom is 0.119 e. The largest absolute Gasteiger partial charge is 0.491 e. The number of epoxide rings is 1. The lowest BCUT2D eigenvalue weighted by Crippen LogP contribution is -2.03. The van der Waals surface area contributed by atoms with Crippen LogP contribution < -0.4 is 4.74 Å². The van der Waals surface area contributed by atoms with Gasteiger partial charge in [0.25, 0.3) is 0 Å². The van der Waals surface area contributed by atoms with Crippen molar-refractivity contribution in [1.29, 1.82) is 0 Å². The molecule has 110 valence electrons. The summed E-state index contributed by atoms with van der Waals surface area (Å²) in [5.41, 5.74) is 3.53. The third-order valence-electron chi connectivity index (χ3n) is 3.80. The lowest BCUT2D eigenvalue weighted by atomic mass is 10.1. The molecular formula is C19H17NO2. The molecule has 4 rings (SSSR count). The highest BCUT2D eigenvalue weighted by molar-refractivity contribution is 5.91. The average molecular weight is 291 g/mol. The van der Waals surface area contributed by atoms with Gasteiger partial charge in [0.1, 0.15) is 18.5 Å². The summed E-state index contributed by atoms with van der Waals surface area (Å²) in [7, 11) is 0. The van der Waals surface area contributed by atoms with Crippen LogP contribution in [0.5, 0.6) is 5.75 Å². The zero-order valence-corrected chi connectivity index (χ0v) is 12.2. The van der Waals surface area contributed by atoms with Crippen LogP contribution in [0.2, 0.25) is 0 Å². The fraction of sp³-hybridized carbons (Fsp3) is 0.158. The Morgan fingerprint density at radius 2 is 1.95 bits per heavy atom. The van der Waals surface area contributed by atoms with Gasteiger partial charge in [-0.15, -0.1) is 0 Å². The third kappa shape index (κ3) is 2.90. The monoisotopic (exact) mass is 291 g/mol.